The Kier molecular flexibility index (Phi) is 4.68. The normalized spacial score (nSPS) is 23.4. The van der Waals surface area contributed by atoms with Gasteiger partial charge in [-0.15, -0.1) is 0 Å². The number of nitrogens with zero attached hydrogens (tertiary/aromatic N) is 4. The molecule has 0 saturated carbocycles. The van der Waals surface area contributed by atoms with Gasteiger partial charge in [0, 0.05) is 38.2 Å². The van der Waals surface area contributed by atoms with E-state index in [9.17, 15) is 4.79 Å². The number of carbonyl (C=O) groups excluding carboxylic acids is 1. The first kappa shape index (κ1) is 16.4. The van der Waals surface area contributed by atoms with Crippen LogP contribution in [0, 0.1) is 0 Å². The highest BCUT2D eigenvalue weighted by atomic mass is 16.5. The molecule has 0 aliphatic carbocycles. The van der Waals surface area contributed by atoms with E-state index in [2.05, 4.69) is 35.8 Å². The minimum atomic E-state index is -0.216. The van der Waals surface area contributed by atoms with Crippen LogP contribution in [-0.4, -0.2) is 64.7 Å². The number of amides is 1. The largest absolute Gasteiger partial charge is 0.368 e. The number of piperazine rings is 1. The highest BCUT2D eigenvalue weighted by Crippen LogP contribution is 2.20. The van der Waals surface area contributed by atoms with Crippen molar-refractivity contribution in [3.05, 3.63) is 11.7 Å². The van der Waals surface area contributed by atoms with Crippen LogP contribution < -0.4 is 0 Å². The predicted molar refractivity (Wildman–Crippen MR) is 83.8 cm³/mol. The third kappa shape index (κ3) is 3.90. The molecule has 0 bridgehead atoms. The van der Waals surface area contributed by atoms with Crippen LogP contribution in [0.4, 0.5) is 0 Å². The molecular weight excluding hydrogens is 296 g/mol. The first-order valence-corrected chi connectivity index (χ1v) is 8.39. The molecule has 1 amide bonds. The van der Waals surface area contributed by atoms with Crippen molar-refractivity contribution in [1.82, 2.24) is 19.9 Å². The molecule has 2 aliphatic rings. The molecule has 1 aromatic rings. The van der Waals surface area contributed by atoms with Crippen LogP contribution in [0.2, 0.25) is 0 Å². The third-order valence-corrected chi connectivity index (χ3v) is 4.39. The molecule has 3 heterocycles. The number of hydrogen-bond donors (Lipinski definition) is 0. The van der Waals surface area contributed by atoms with E-state index in [1.807, 2.05) is 4.90 Å². The van der Waals surface area contributed by atoms with E-state index in [1.54, 1.807) is 0 Å². The lowest BCUT2D eigenvalue weighted by molar-refractivity contribution is -0.142. The lowest BCUT2D eigenvalue weighted by atomic mass is 9.96. The summed E-state index contributed by atoms with van der Waals surface area (Å²) >= 11 is 0. The molecule has 2 fully saturated rings. The number of ether oxygens (including phenoxy) is 1. The fraction of sp³-hybridized carbons (Fsp3) is 0.812. The van der Waals surface area contributed by atoms with Gasteiger partial charge in [0.25, 0.3) is 5.91 Å². The Morgan fingerprint density at radius 1 is 1.26 bits per heavy atom. The zero-order chi connectivity index (χ0) is 16.4. The second-order valence-electron chi connectivity index (χ2n) is 7.36. The summed E-state index contributed by atoms with van der Waals surface area (Å²) in [5.74, 6) is 1.53. The van der Waals surface area contributed by atoms with Gasteiger partial charge in [-0.3, -0.25) is 9.69 Å². The summed E-state index contributed by atoms with van der Waals surface area (Å²) in [5, 5.41) is 4.05. The summed E-state index contributed by atoms with van der Waals surface area (Å²) < 4.78 is 10.8. The Morgan fingerprint density at radius 3 is 2.57 bits per heavy atom. The topological polar surface area (TPSA) is 71.7 Å². The van der Waals surface area contributed by atoms with Crippen molar-refractivity contribution in [2.45, 2.75) is 51.7 Å². The van der Waals surface area contributed by atoms with Crippen LogP contribution in [0.15, 0.2) is 4.52 Å². The lowest BCUT2D eigenvalue weighted by Gasteiger charge is -2.35. The molecule has 0 aromatic carbocycles. The SMILES string of the molecule is CC(C)(C)c1noc(CN2CCN(C(=O)C3CCCO3)CC2)n1. The second kappa shape index (κ2) is 6.57. The van der Waals surface area contributed by atoms with Crippen molar-refractivity contribution >= 4 is 5.91 Å². The second-order valence-corrected chi connectivity index (χ2v) is 7.36. The minimum absolute atomic E-state index is 0.103. The molecule has 2 aliphatic heterocycles. The highest BCUT2D eigenvalue weighted by molar-refractivity contribution is 5.81. The molecule has 1 aromatic heterocycles. The standard InChI is InChI=1S/C16H26N4O3/c1-16(2,3)15-17-13(23-18-15)11-19-6-8-20(9-7-19)14(21)12-5-4-10-22-12/h12H,4-11H2,1-3H3. The molecule has 23 heavy (non-hydrogen) atoms. The first-order valence-electron chi connectivity index (χ1n) is 8.39. The van der Waals surface area contributed by atoms with Crippen molar-refractivity contribution in [2.75, 3.05) is 32.8 Å². The zero-order valence-corrected chi connectivity index (χ0v) is 14.2. The van der Waals surface area contributed by atoms with Crippen molar-refractivity contribution in [1.29, 1.82) is 0 Å². The van der Waals surface area contributed by atoms with E-state index in [0.717, 1.165) is 44.8 Å². The fourth-order valence-electron chi connectivity index (χ4n) is 2.92. The first-order chi connectivity index (χ1) is 10.9. The van der Waals surface area contributed by atoms with E-state index >= 15 is 0 Å². The summed E-state index contributed by atoms with van der Waals surface area (Å²) in [6, 6.07) is 0. The average molecular weight is 322 g/mol. The number of rotatable bonds is 3. The molecule has 1 unspecified atom stereocenters. The number of aromatic nitrogens is 2. The van der Waals surface area contributed by atoms with Crippen LogP contribution in [0.25, 0.3) is 0 Å². The van der Waals surface area contributed by atoms with Crippen LogP contribution in [0.1, 0.15) is 45.3 Å². The summed E-state index contributed by atoms with van der Waals surface area (Å²) in [5.41, 5.74) is -0.103. The number of carbonyl (C=O) groups is 1. The Balaban J connectivity index is 1.49. The van der Waals surface area contributed by atoms with Crippen LogP contribution in [0.3, 0.4) is 0 Å². The van der Waals surface area contributed by atoms with Gasteiger partial charge in [-0.05, 0) is 12.8 Å². The summed E-state index contributed by atoms with van der Waals surface area (Å²) in [4.78, 5) is 21.0. The molecule has 7 heteroatoms. The average Bonchev–Trinajstić information content (AvgIpc) is 3.18. The van der Waals surface area contributed by atoms with Gasteiger partial charge in [0.15, 0.2) is 5.82 Å². The van der Waals surface area contributed by atoms with E-state index in [1.165, 1.54) is 0 Å². The summed E-state index contributed by atoms with van der Waals surface area (Å²) in [7, 11) is 0. The minimum Gasteiger partial charge on any atom is -0.368 e. The summed E-state index contributed by atoms with van der Waals surface area (Å²) in [6.45, 7) is 10.7. The molecule has 0 radical (unpaired) electrons. The Bertz CT molecular complexity index is 538. The van der Waals surface area contributed by atoms with Crippen LogP contribution in [0.5, 0.6) is 0 Å². The van der Waals surface area contributed by atoms with E-state index < -0.39 is 0 Å². The van der Waals surface area contributed by atoms with Gasteiger partial charge in [0.2, 0.25) is 5.89 Å². The van der Waals surface area contributed by atoms with E-state index in [-0.39, 0.29) is 17.4 Å². The van der Waals surface area contributed by atoms with E-state index in [0.29, 0.717) is 19.0 Å². The maximum atomic E-state index is 12.3. The molecule has 7 nitrogen and oxygen atoms in total. The maximum absolute atomic E-state index is 12.3. The summed E-state index contributed by atoms with van der Waals surface area (Å²) in [6.07, 6.45) is 1.63. The lowest BCUT2D eigenvalue weighted by Crippen LogP contribution is -2.51. The maximum Gasteiger partial charge on any atom is 0.251 e. The van der Waals surface area contributed by atoms with Gasteiger partial charge in [-0.25, -0.2) is 0 Å². The van der Waals surface area contributed by atoms with Crippen molar-refractivity contribution in [3.8, 4) is 0 Å². The zero-order valence-electron chi connectivity index (χ0n) is 14.2. The van der Waals surface area contributed by atoms with Crippen LogP contribution >= 0.6 is 0 Å². The van der Waals surface area contributed by atoms with Gasteiger partial charge in [0.1, 0.15) is 6.10 Å². The molecular formula is C16H26N4O3. The molecule has 3 rings (SSSR count). The van der Waals surface area contributed by atoms with Gasteiger partial charge in [-0.1, -0.05) is 25.9 Å². The Morgan fingerprint density at radius 2 is 2.00 bits per heavy atom. The molecule has 128 valence electrons. The van der Waals surface area contributed by atoms with Crippen LogP contribution in [-0.2, 0) is 21.5 Å². The van der Waals surface area contributed by atoms with E-state index in [4.69, 9.17) is 9.26 Å². The van der Waals surface area contributed by atoms with Gasteiger partial charge < -0.3 is 14.2 Å². The molecule has 2 saturated heterocycles. The molecule has 1 atom stereocenters. The number of hydrogen-bond acceptors (Lipinski definition) is 6. The smallest absolute Gasteiger partial charge is 0.251 e. The van der Waals surface area contributed by atoms with Crippen molar-refractivity contribution in [3.63, 3.8) is 0 Å². The van der Waals surface area contributed by atoms with Gasteiger partial charge in [-0.2, -0.15) is 4.98 Å². The predicted octanol–water partition coefficient (Wildman–Crippen LogP) is 1.19. The van der Waals surface area contributed by atoms with Crippen molar-refractivity contribution in [2.24, 2.45) is 0 Å². The van der Waals surface area contributed by atoms with Gasteiger partial charge in [0.05, 0.1) is 6.54 Å². The fourth-order valence-corrected chi connectivity index (χ4v) is 2.92. The quantitative estimate of drug-likeness (QED) is 0.832. The third-order valence-electron chi connectivity index (χ3n) is 4.39. The van der Waals surface area contributed by atoms with Crippen molar-refractivity contribution < 1.29 is 14.1 Å². The Hall–Kier alpha value is -1.47. The Labute approximate surface area is 137 Å². The monoisotopic (exact) mass is 322 g/mol. The molecule has 0 N–H and O–H groups in total. The highest BCUT2D eigenvalue weighted by Gasteiger charge is 2.30. The van der Waals surface area contributed by atoms with Gasteiger partial charge >= 0.3 is 0 Å². The molecule has 0 spiro atoms.